The Hall–Kier alpha value is -2.91. The van der Waals surface area contributed by atoms with Gasteiger partial charge in [-0.3, -0.25) is 19.2 Å². The highest BCUT2D eigenvalue weighted by molar-refractivity contribution is 6.37. The highest BCUT2D eigenvalue weighted by Gasteiger charge is 2.46. The molecule has 0 aromatic heterocycles. The number of Topliss-reactive ketones (excluding diaryl/α,β-unsaturated/α-hetero) is 1. The van der Waals surface area contributed by atoms with Crippen LogP contribution in [-0.4, -0.2) is 66.2 Å². The standard InChI is InChI=1S/C22H35N5O5/c1-4-10-24-19(29)16(28)11-25-20(30)18-14(3)13(2)12-27(18)21(31)17(26-22(23)32)15-8-6-5-7-9-15/h4,13-15,17-18H,1,5-12H2,2-3H3,(H,24,29)(H,25,30)(H3,23,26,32)/t13-,14-,17-,18-/m0/s1. The molecular formula is C22H35N5O5. The van der Waals surface area contributed by atoms with Crippen LogP contribution in [0.3, 0.4) is 0 Å². The molecule has 178 valence electrons. The van der Waals surface area contributed by atoms with Crippen LogP contribution in [0, 0.1) is 17.8 Å². The third-order valence-electron chi connectivity index (χ3n) is 6.54. The highest BCUT2D eigenvalue weighted by atomic mass is 16.2. The van der Waals surface area contributed by atoms with Gasteiger partial charge in [0.05, 0.1) is 6.54 Å². The lowest BCUT2D eigenvalue weighted by molar-refractivity contribution is -0.142. The van der Waals surface area contributed by atoms with Crippen molar-refractivity contribution in [3.63, 3.8) is 0 Å². The molecular weight excluding hydrogens is 414 g/mol. The first kappa shape index (κ1) is 25.4. The number of primary amides is 1. The normalized spacial score (nSPS) is 24.3. The minimum Gasteiger partial charge on any atom is -0.352 e. The van der Waals surface area contributed by atoms with E-state index in [9.17, 15) is 24.0 Å². The average molecular weight is 450 g/mol. The fraction of sp³-hybridized carbons (Fsp3) is 0.682. The van der Waals surface area contributed by atoms with Crippen LogP contribution in [0.2, 0.25) is 0 Å². The number of nitrogens with zero attached hydrogens (tertiary/aromatic N) is 1. The Labute approximate surface area is 188 Å². The van der Waals surface area contributed by atoms with E-state index in [0.717, 1.165) is 32.1 Å². The second-order valence-electron chi connectivity index (χ2n) is 8.80. The second kappa shape index (κ2) is 11.6. The van der Waals surface area contributed by atoms with Crippen molar-refractivity contribution < 1.29 is 24.0 Å². The van der Waals surface area contributed by atoms with Crippen molar-refractivity contribution in [3.05, 3.63) is 12.7 Å². The minimum atomic E-state index is -0.811. The van der Waals surface area contributed by atoms with Crippen LogP contribution in [0.15, 0.2) is 12.7 Å². The lowest BCUT2D eigenvalue weighted by atomic mass is 9.83. The van der Waals surface area contributed by atoms with E-state index in [1.165, 1.54) is 11.0 Å². The summed E-state index contributed by atoms with van der Waals surface area (Å²) in [5.74, 6) is -2.58. The van der Waals surface area contributed by atoms with Gasteiger partial charge in [-0.05, 0) is 30.6 Å². The van der Waals surface area contributed by atoms with Crippen LogP contribution in [-0.2, 0) is 19.2 Å². The number of likely N-dealkylation sites (tertiary alicyclic amines) is 1. The molecule has 5 N–H and O–H groups in total. The zero-order valence-electron chi connectivity index (χ0n) is 18.9. The summed E-state index contributed by atoms with van der Waals surface area (Å²) in [5.41, 5.74) is 5.35. The number of amides is 5. The number of urea groups is 1. The van der Waals surface area contributed by atoms with Gasteiger partial charge in [-0.15, -0.1) is 6.58 Å². The quantitative estimate of drug-likeness (QED) is 0.290. The molecule has 0 unspecified atom stereocenters. The van der Waals surface area contributed by atoms with Gasteiger partial charge in [-0.2, -0.15) is 0 Å². The highest BCUT2D eigenvalue weighted by Crippen LogP contribution is 2.33. The van der Waals surface area contributed by atoms with Crippen molar-refractivity contribution >= 4 is 29.5 Å². The molecule has 0 spiro atoms. The fourth-order valence-corrected chi connectivity index (χ4v) is 4.59. The molecule has 1 saturated carbocycles. The van der Waals surface area contributed by atoms with Gasteiger partial charge in [0.1, 0.15) is 12.1 Å². The van der Waals surface area contributed by atoms with E-state index >= 15 is 0 Å². The Kier molecular flexibility index (Phi) is 9.22. The first-order valence-corrected chi connectivity index (χ1v) is 11.2. The molecule has 10 heteroatoms. The zero-order valence-corrected chi connectivity index (χ0v) is 18.9. The molecule has 5 amide bonds. The molecule has 0 aromatic carbocycles. The van der Waals surface area contributed by atoms with Gasteiger partial charge < -0.3 is 26.6 Å². The van der Waals surface area contributed by atoms with E-state index in [0.29, 0.717) is 6.54 Å². The number of nitrogens with one attached hydrogen (secondary N) is 3. The molecule has 4 atom stereocenters. The van der Waals surface area contributed by atoms with Crippen molar-refractivity contribution in [3.8, 4) is 0 Å². The molecule has 1 aliphatic carbocycles. The summed E-state index contributed by atoms with van der Waals surface area (Å²) in [6.07, 6.45) is 6.09. The third kappa shape index (κ3) is 6.30. The van der Waals surface area contributed by atoms with Crippen LogP contribution >= 0.6 is 0 Å². The van der Waals surface area contributed by atoms with E-state index in [1.54, 1.807) is 0 Å². The number of carbonyl (C=O) groups is 5. The number of rotatable bonds is 9. The largest absolute Gasteiger partial charge is 0.352 e. The second-order valence-corrected chi connectivity index (χ2v) is 8.80. The number of nitrogens with two attached hydrogens (primary N) is 1. The molecule has 0 bridgehead atoms. The Balaban J connectivity index is 2.12. The van der Waals surface area contributed by atoms with Gasteiger partial charge in [0.2, 0.25) is 17.6 Å². The SMILES string of the molecule is C=CCNC(=O)C(=O)CNC(=O)[C@@H]1[C@@H](C)[C@@H](C)CN1C(=O)[C@@H](NC(N)=O)C1CCCCC1. The van der Waals surface area contributed by atoms with E-state index in [2.05, 4.69) is 22.5 Å². The molecule has 1 saturated heterocycles. The number of hydrogen-bond donors (Lipinski definition) is 4. The molecule has 10 nitrogen and oxygen atoms in total. The number of ketones is 1. The van der Waals surface area contributed by atoms with Crippen LogP contribution in [0.1, 0.15) is 46.0 Å². The summed E-state index contributed by atoms with van der Waals surface area (Å²) < 4.78 is 0. The first-order chi connectivity index (χ1) is 15.2. The summed E-state index contributed by atoms with van der Waals surface area (Å²) in [7, 11) is 0. The van der Waals surface area contributed by atoms with Crippen LogP contribution in [0.25, 0.3) is 0 Å². The van der Waals surface area contributed by atoms with Gasteiger partial charge in [0.25, 0.3) is 5.91 Å². The van der Waals surface area contributed by atoms with E-state index in [4.69, 9.17) is 5.73 Å². The maximum atomic E-state index is 13.5. The lowest BCUT2D eigenvalue weighted by Gasteiger charge is -2.34. The third-order valence-corrected chi connectivity index (χ3v) is 6.54. The van der Waals surface area contributed by atoms with Gasteiger partial charge in [-0.25, -0.2) is 4.79 Å². The molecule has 1 heterocycles. The maximum absolute atomic E-state index is 13.5. The molecule has 1 aliphatic heterocycles. The molecule has 0 aromatic rings. The van der Waals surface area contributed by atoms with Crippen molar-refractivity contribution in [2.24, 2.45) is 23.5 Å². The Bertz CT molecular complexity index is 749. The van der Waals surface area contributed by atoms with Crippen LogP contribution in [0.4, 0.5) is 4.79 Å². The number of carbonyl (C=O) groups excluding carboxylic acids is 5. The van der Waals surface area contributed by atoms with E-state index in [1.807, 2.05) is 13.8 Å². The first-order valence-electron chi connectivity index (χ1n) is 11.2. The molecule has 2 aliphatic rings. The predicted molar refractivity (Wildman–Crippen MR) is 118 cm³/mol. The zero-order chi connectivity index (χ0) is 23.8. The predicted octanol–water partition coefficient (Wildman–Crippen LogP) is 0.0741. The molecule has 32 heavy (non-hydrogen) atoms. The van der Waals surface area contributed by atoms with Crippen LogP contribution in [0.5, 0.6) is 0 Å². The fourth-order valence-electron chi connectivity index (χ4n) is 4.59. The van der Waals surface area contributed by atoms with Crippen LogP contribution < -0.4 is 21.7 Å². The van der Waals surface area contributed by atoms with Gasteiger partial charge in [0.15, 0.2) is 0 Å². The average Bonchev–Trinajstić information content (AvgIpc) is 3.08. The summed E-state index contributed by atoms with van der Waals surface area (Å²) in [6, 6.07) is -2.36. The van der Waals surface area contributed by atoms with Gasteiger partial charge in [0, 0.05) is 13.1 Å². The Morgan fingerprint density at radius 3 is 2.34 bits per heavy atom. The Morgan fingerprint density at radius 1 is 1.09 bits per heavy atom. The van der Waals surface area contributed by atoms with E-state index < -0.39 is 42.3 Å². The summed E-state index contributed by atoms with van der Waals surface area (Å²) in [4.78, 5) is 63.2. The molecule has 2 rings (SSSR count). The Morgan fingerprint density at radius 2 is 1.75 bits per heavy atom. The topological polar surface area (TPSA) is 151 Å². The monoisotopic (exact) mass is 449 g/mol. The molecule has 0 radical (unpaired) electrons. The van der Waals surface area contributed by atoms with Crippen molar-refractivity contribution in [1.29, 1.82) is 0 Å². The summed E-state index contributed by atoms with van der Waals surface area (Å²) in [6.45, 7) is 7.32. The molecule has 2 fully saturated rings. The van der Waals surface area contributed by atoms with Gasteiger partial charge >= 0.3 is 6.03 Å². The number of hydrogen-bond acceptors (Lipinski definition) is 5. The van der Waals surface area contributed by atoms with Crippen molar-refractivity contribution in [2.75, 3.05) is 19.6 Å². The van der Waals surface area contributed by atoms with Crippen molar-refractivity contribution in [2.45, 2.75) is 58.0 Å². The lowest BCUT2D eigenvalue weighted by Crippen LogP contribution is -2.58. The van der Waals surface area contributed by atoms with E-state index in [-0.39, 0.29) is 30.2 Å². The van der Waals surface area contributed by atoms with Gasteiger partial charge in [-0.1, -0.05) is 39.2 Å². The van der Waals surface area contributed by atoms with Crippen molar-refractivity contribution in [1.82, 2.24) is 20.9 Å². The summed E-state index contributed by atoms with van der Waals surface area (Å²) in [5, 5.41) is 7.46. The summed E-state index contributed by atoms with van der Waals surface area (Å²) >= 11 is 0. The maximum Gasteiger partial charge on any atom is 0.312 e. The minimum absolute atomic E-state index is 0.0335. The smallest absolute Gasteiger partial charge is 0.312 e.